The van der Waals surface area contributed by atoms with Crippen molar-refractivity contribution >= 4 is 46.3 Å². The summed E-state index contributed by atoms with van der Waals surface area (Å²) in [7, 11) is 0. The Labute approximate surface area is 207 Å². The smallest absolute Gasteiger partial charge is 0.410 e. The fraction of sp³-hybridized carbons (Fsp3) is 0.435. The van der Waals surface area contributed by atoms with Crippen LogP contribution < -0.4 is 4.90 Å². The average Bonchev–Trinajstić information content (AvgIpc) is 3.15. The van der Waals surface area contributed by atoms with E-state index in [4.69, 9.17) is 32.9 Å². The van der Waals surface area contributed by atoms with Crippen LogP contribution in [0.5, 0.6) is 0 Å². The Kier molecular flexibility index (Phi) is 6.56. The van der Waals surface area contributed by atoms with Crippen LogP contribution in [0.2, 0.25) is 10.0 Å². The highest BCUT2D eigenvalue weighted by molar-refractivity contribution is 6.35. The third kappa shape index (κ3) is 4.88. The Morgan fingerprint density at radius 1 is 1.21 bits per heavy atom. The molecule has 0 saturated carbocycles. The maximum absolute atomic E-state index is 12.4. The highest BCUT2D eigenvalue weighted by Crippen LogP contribution is 2.31. The van der Waals surface area contributed by atoms with E-state index in [0.717, 1.165) is 5.56 Å². The molecular weight excluding hydrogens is 477 g/mol. The second-order valence-corrected chi connectivity index (χ2v) is 9.95. The molecule has 0 spiro atoms. The molecule has 3 aromatic rings. The molecule has 0 radical (unpaired) electrons. The zero-order valence-electron chi connectivity index (χ0n) is 19.4. The third-order valence-corrected chi connectivity index (χ3v) is 6.09. The van der Waals surface area contributed by atoms with E-state index >= 15 is 0 Å². The number of hydrogen-bond acceptors (Lipinski definition) is 7. The van der Waals surface area contributed by atoms with E-state index in [2.05, 4.69) is 21.1 Å². The first-order valence-corrected chi connectivity index (χ1v) is 11.7. The van der Waals surface area contributed by atoms with Crippen LogP contribution in [0.1, 0.15) is 45.0 Å². The molecule has 1 aromatic carbocycles. The molecule has 2 aromatic heterocycles. The number of fused-ring (bicyclic) bond motifs is 1. The molecule has 1 atom stereocenters. The number of hydrogen-bond donors (Lipinski definition) is 0. The molecule has 178 valence electrons. The number of amides is 1. The van der Waals surface area contributed by atoms with Crippen LogP contribution in [0.3, 0.4) is 0 Å². The molecule has 1 saturated heterocycles. The van der Waals surface area contributed by atoms with Gasteiger partial charge in [-0.25, -0.2) is 19.4 Å². The minimum Gasteiger partial charge on any atom is -0.444 e. The van der Waals surface area contributed by atoms with E-state index < -0.39 is 5.60 Å². The van der Waals surface area contributed by atoms with Crippen molar-refractivity contribution in [1.82, 2.24) is 24.6 Å². The molecule has 0 N–H and O–H groups in total. The Bertz CT molecular complexity index is 1270. The van der Waals surface area contributed by atoms with Gasteiger partial charge in [-0.3, -0.25) is 0 Å². The van der Waals surface area contributed by atoms with Gasteiger partial charge in [0, 0.05) is 36.2 Å². The number of anilines is 1. The van der Waals surface area contributed by atoms with E-state index in [-0.39, 0.29) is 17.8 Å². The maximum Gasteiger partial charge on any atom is 0.410 e. The molecule has 1 fully saturated rings. The Hall–Kier alpha value is -3.09. The van der Waals surface area contributed by atoms with Gasteiger partial charge in [0.2, 0.25) is 0 Å². The number of halogens is 2. The van der Waals surface area contributed by atoms with Crippen LogP contribution in [-0.2, 0) is 4.74 Å². The summed E-state index contributed by atoms with van der Waals surface area (Å²) < 4.78 is 7.13. The summed E-state index contributed by atoms with van der Waals surface area (Å²) in [6.07, 6.45) is 1.32. The number of rotatable bonds is 3. The van der Waals surface area contributed by atoms with Crippen LogP contribution in [0.4, 0.5) is 10.6 Å². The molecule has 1 aliphatic rings. The second-order valence-electron chi connectivity index (χ2n) is 9.10. The van der Waals surface area contributed by atoms with E-state index in [1.807, 2.05) is 33.8 Å². The van der Waals surface area contributed by atoms with Crippen molar-refractivity contribution < 1.29 is 9.53 Å². The number of ether oxygens (including phenoxy) is 1. The number of carbonyl (C=O) groups excluding carboxylic acids is 1. The molecule has 34 heavy (non-hydrogen) atoms. The lowest BCUT2D eigenvalue weighted by molar-refractivity contribution is 0.0240. The maximum atomic E-state index is 12.4. The summed E-state index contributed by atoms with van der Waals surface area (Å²) in [6, 6.07) is 7.06. The van der Waals surface area contributed by atoms with Gasteiger partial charge in [-0.15, -0.1) is 0 Å². The largest absolute Gasteiger partial charge is 0.444 e. The van der Waals surface area contributed by atoms with E-state index in [1.165, 1.54) is 0 Å². The van der Waals surface area contributed by atoms with Crippen molar-refractivity contribution in [2.75, 3.05) is 31.1 Å². The van der Waals surface area contributed by atoms with Crippen molar-refractivity contribution in [1.29, 1.82) is 5.26 Å². The van der Waals surface area contributed by atoms with Crippen LogP contribution in [-0.4, -0.2) is 62.5 Å². The number of benzene rings is 1. The minimum atomic E-state index is -0.536. The lowest BCUT2D eigenvalue weighted by Crippen LogP contribution is -2.50. The molecule has 1 amide bonds. The third-order valence-electron chi connectivity index (χ3n) is 5.53. The zero-order chi connectivity index (χ0) is 24.6. The average molecular weight is 502 g/mol. The summed E-state index contributed by atoms with van der Waals surface area (Å²) in [4.78, 5) is 25.4. The summed E-state index contributed by atoms with van der Waals surface area (Å²) in [5.74, 6) is 0.649. The van der Waals surface area contributed by atoms with Crippen molar-refractivity contribution in [2.24, 2.45) is 0 Å². The normalized spacial score (nSPS) is 15.3. The first-order valence-electron chi connectivity index (χ1n) is 10.9. The van der Waals surface area contributed by atoms with Crippen LogP contribution in [0, 0.1) is 11.3 Å². The summed E-state index contributed by atoms with van der Waals surface area (Å²) in [5, 5.41) is 15.1. The number of piperazine rings is 1. The topological polar surface area (TPSA) is 100 Å². The number of nitrogens with zero attached hydrogens (tertiary/aromatic N) is 7. The van der Waals surface area contributed by atoms with Gasteiger partial charge < -0.3 is 14.5 Å². The highest BCUT2D eigenvalue weighted by atomic mass is 35.5. The van der Waals surface area contributed by atoms with E-state index in [9.17, 15) is 10.1 Å². The van der Waals surface area contributed by atoms with Gasteiger partial charge in [0.05, 0.1) is 12.2 Å². The Balaban J connectivity index is 1.60. The van der Waals surface area contributed by atoms with Gasteiger partial charge >= 0.3 is 6.09 Å². The van der Waals surface area contributed by atoms with Crippen LogP contribution in [0.25, 0.3) is 11.2 Å². The first kappa shape index (κ1) is 24.0. The molecule has 11 heteroatoms. The fourth-order valence-electron chi connectivity index (χ4n) is 3.81. The summed E-state index contributed by atoms with van der Waals surface area (Å²) in [6.45, 7) is 9.65. The quantitative estimate of drug-likeness (QED) is 0.513. The molecule has 0 aliphatic carbocycles. The molecule has 9 nitrogen and oxygen atoms in total. The van der Waals surface area contributed by atoms with Crippen LogP contribution >= 0.6 is 23.2 Å². The minimum absolute atomic E-state index is 0.195. The summed E-state index contributed by atoms with van der Waals surface area (Å²) in [5.41, 5.74) is 1.38. The van der Waals surface area contributed by atoms with Crippen molar-refractivity contribution in [3.05, 3.63) is 45.7 Å². The first-order chi connectivity index (χ1) is 16.1. The van der Waals surface area contributed by atoms with Gasteiger partial charge in [-0.05, 0) is 45.4 Å². The van der Waals surface area contributed by atoms with E-state index in [1.54, 1.807) is 27.9 Å². The molecule has 3 heterocycles. The number of nitriles is 1. The predicted molar refractivity (Wildman–Crippen MR) is 130 cm³/mol. The van der Waals surface area contributed by atoms with E-state index in [0.29, 0.717) is 53.2 Å². The predicted octanol–water partition coefficient (Wildman–Crippen LogP) is 4.67. The monoisotopic (exact) mass is 501 g/mol. The standard InChI is InChI=1S/C23H25Cl2N7O2/c1-14(16-6-5-15(24)11-17(16)25)32-21-20(18(12-26)29-32)27-13-19(28-21)30-7-9-31(10-8-30)22(33)34-23(2,3)4/h5-6,11,13-14H,7-10H2,1-4H3. The van der Waals surface area contributed by atoms with Crippen molar-refractivity contribution in [2.45, 2.75) is 39.3 Å². The van der Waals surface area contributed by atoms with Gasteiger partial charge in [0.15, 0.2) is 11.3 Å². The van der Waals surface area contributed by atoms with Gasteiger partial charge in [0.1, 0.15) is 23.0 Å². The Morgan fingerprint density at radius 2 is 1.91 bits per heavy atom. The van der Waals surface area contributed by atoms with Crippen molar-refractivity contribution in [3.8, 4) is 6.07 Å². The fourth-order valence-corrected chi connectivity index (χ4v) is 4.38. The highest BCUT2D eigenvalue weighted by Gasteiger charge is 2.27. The molecule has 1 unspecified atom stereocenters. The zero-order valence-corrected chi connectivity index (χ0v) is 20.9. The number of carbonyl (C=O) groups is 1. The SMILES string of the molecule is CC(c1ccc(Cl)cc1Cl)n1nc(C#N)c2ncc(N3CCN(C(=O)OC(C)(C)C)CC3)nc21. The van der Waals surface area contributed by atoms with Crippen LogP contribution in [0.15, 0.2) is 24.4 Å². The Morgan fingerprint density at radius 3 is 2.53 bits per heavy atom. The molecule has 4 rings (SSSR count). The van der Waals surface area contributed by atoms with Gasteiger partial charge in [0.25, 0.3) is 0 Å². The van der Waals surface area contributed by atoms with Gasteiger partial charge in [-0.2, -0.15) is 10.4 Å². The molecular formula is C23H25Cl2N7O2. The van der Waals surface area contributed by atoms with Gasteiger partial charge in [-0.1, -0.05) is 29.3 Å². The lowest BCUT2D eigenvalue weighted by atomic mass is 10.1. The summed E-state index contributed by atoms with van der Waals surface area (Å²) >= 11 is 12.5. The van der Waals surface area contributed by atoms with Crippen molar-refractivity contribution in [3.63, 3.8) is 0 Å². The lowest BCUT2D eigenvalue weighted by Gasteiger charge is -2.36. The second kappa shape index (κ2) is 9.28. The molecule has 1 aliphatic heterocycles. The molecule has 0 bridgehead atoms. The number of aromatic nitrogens is 4.